The van der Waals surface area contributed by atoms with Crippen LogP contribution in [0.3, 0.4) is 0 Å². The number of carbonyl (C=O) groups excluding carboxylic acids is 1. The molecule has 21 heavy (non-hydrogen) atoms. The molecule has 1 amide bonds. The van der Waals surface area contributed by atoms with Crippen LogP contribution >= 0.6 is 0 Å². The van der Waals surface area contributed by atoms with Gasteiger partial charge in [0.05, 0.1) is 0 Å². The summed E-state index contributed by atoms with van der Waals surface area (Å²) in [5.41, 5.74) is 8.67. The molecule has 0 radical (unpaired) electrons. The minimum atomic E-state index is -0.200. The summed E-state index contributed by atoms with van der Waals surface area (Å²) in [5, 5.41) is 0. The predicted molar refractivity (Wildman–Crippen MR) is 82.8 cm³/mol. The number of benzene rings is 2. The van der Waals surface area contributed by atoms with Gasteiger partial charge in [0.2, 0.25) is 0 Å². The van der Waals surface area contributed by atoms with E-state index < -0.39 is 0 Å². The number of aryl methyl sites for hydroxylation is 2. The van der Waals surface area contributed by atoms with Crippen LogP contribution in [0.5, 0.6) is 5.75 Å². The average molecular weight is 284 g/mol. The van der Waals surface area contributed by atoms with E-state index in [1.165, 1.54) is 0 Å². The van der Waals surface area contributed by atoms with Crippen LogP contribution in [0.15, 0.2) is 48.5 Å². The zero-order chi connectivity index (χ0) is 15.1. The molecule has 110 valence electrons. The average Bonchev–Trinajstić information content (AvgIpc) is 2.48. The molecule has 2 rings (SSSR count). The van der Waals surface area contributed by atoms with Crippen LogP contribution in [0.2, 0.25) is 0 Å². The van der Waals surface area contributed by atoms with Crippen LogP contribution in [0.25, 0.3) is 0 Å². The Bertz CT molecular complexity index is 577. The van der Waals surface area contributed by atoms with E-state index in [4.69, 9.17) is 4.74 Å². The Kier molecular flexibility index (Phi) is 5.35. The summed E-state index contributed by atoms with van der Waals surface area (Å²) >= 11 is 0. The quantitative estimate of drug-likeness (QED) is 0.801. The van der Waals surface area contributed by atoms with Crippen molar-refractivity contribution in [3.8, 4) is 5.75 Å². The molecule has 2 aromatic rings. The number of amides is 1. The van der Waals surface area contributed by atoms with Gasteiger partial charge in [-0.25, -0.2) is 5.43 Å². The van der Waals surface area contributed by atoms with Crippen molar-refractivity contribution in [1.82, 2.24) is 10.9 Å². The topological polar surface area (TPSA) is 50.4 Å². The first-order valence-corrected chi connectivity index (χ1v) is 6.91. The molecule has 4 heteroatoms. The van der Waals surface area contributed by atoms with Crippen molar-refractivity contribution in [3.05, 3.63) is 65.2 Å². The summed E-state index contributed by atoms with van der Waals surface area (Å²) < 4.78 is 5.58. The first kappa shape index (κ1) is 15.1. The van der Waals surface area contributed by atoms with E-state index in [1.54, 1.807) is 0 Å². The number of nitrogens with one attached hydrogen (secondary N) is 2. The number of rotatable bonds is 6. The molecule has 0 aromatic heterocycles. The number of carbonyl (C=O) groups is 1. The fourth-order valence-corrected chi connectivity index (χ4v) is 2.04. The highest BCUT2D eigenvalue weighted by Gasteiger charge is 2.06. The van der Waals surface area contributed by atoms with Gasteiger partial charge in [0.25, 0.3) is 5.91 Å². The highest BCUT2D eigenvalue weighted by molar-refractivity contribution is 5.77. The number of hydrogen-bond donors (Lipinski definition) is 2. The second-order valence-electron chi connectivity index (χ2n) is 4.90. The lowest BCUT2D eigenvalue weighted by atomic mass is 10.1. The van der Waals surface area contributed by atoms with Gasteiger partial charge in [-0.15, -0.1) is 0 Å². The molecule has 0 saturated carbocycles. The number of hydrazine groups is 1. The van der Waals surface area contributed by atoms with Crippen LogP contribution < -0.4 is 15.6 Å². The van der Waals surface area contributed by atoms with Crippen molar-refractivity contribution in [3.63, 3.8) is 0 Å². The summed E-state index contributed by atoms with van der Waals surface area (Å²) in [6.45, 7) is 4.51. The monoisotopic (exact) mass is 284 g/mol. The number of para-hydroxylation sites is 1. The molecule has 0 aliphatic heterocycles. The maximum Gasteiger partial charge on any atom is 0.271 e. The zero-order valence-electron chi connectivity index (χ0n) is 12.3. The van der Waals surface area contributed by atoms with E-state index in [9.17, 15) is 4.79 Å². The van der Waals surface area contributed by atoms with Crippen LogP contribution in [-0.2, 0) is 11.3 Å². The summed E-state index contributed by atoms with van der Waals surface area (Å²) in [7, 11) is 0. The summed E-state index contributed by atoms with van der Waals surface area (Å²) in [6.07, 6.45) is 0. The van der Waals surface area contributed by atoms with Gasteiger partial charge in [-0.1, -0.05) is 48.5 Å². The lowest BCUT2D eigenvalue weighted by Gasteiger charge is -2.12. The van der Waals surface area contributed by atoms with E-state index in [2.05, 4.69) is 10.9 Å². The van der Waals surface area contributed by atoms with Gasteiger partial charge >= 0.3 is 0 Å². The van der Waals surface area contributed by atoms with Gasteiger partial charge < -0.3 is 4.74 Å². The van der Waals surface area contributed by atoms with Crippen molar-refractivity contribution < 1.29 is 9.53 Å². The fraction of sp³-hybridized carbons (Fsp3) is 0.235. The Balaban J connectivity index is 1.75. The van der Waals surface area contributed by atoms with Crippen molar-refractivity contribution >= 4 is 5.91 Å². The Morgan fingerprint density at radius 3 is 2.33 bits per heavy atom. The Labute approximate surface area is 125 Å². The highest BCUT2D eigenvalue weighted by Crippen LogP contribution is 2.21. The van der Waals surface area contributed by atoms with Gasteiger partial charge in [0.15, 0.2) is 6.61 Å². The molecule has 0 saturated heterocycles. The minimum absolute atomic E-state index is 0.00647. The van der Waals surface area contributed by atoms with Gasteiger partial charge in [-0.2, -0.15) is 0 Å². The minimum Gasteiger partial charge on any atom is -0.483 e. The number of ether oxygens (including phenoxy) is 1. The van der Waals surface area contributed by atoms with E-state index in [0.717, 1.165) is 22.4 Å². The molecule has 0 heterocycles. The molecule has 0 atom stereocenters. The summed E-state index contributed by atoms with van der Waals surface area (Å²) in [4.78, 5) is 11.7. The second-order valence-corrected chi connectivity index (χ2v) is 4.90. The predicted octanol–water partition coefficient (Wildman–Crippen LogP) is 2.50. The van der Waals surface area contributed by atoms with Gasteiger partial charge in [0.1, 0.15) is 5.75 Å². The standard InChI is InChI=1S/C17H20N2O2/c1-13-7-6-8-14(2)17(13)21-12-16(20)19-18-11-15-9-4-3-5-10-15/h3-10,18H,11-12H2,1-2H3,(H,19,20). The lowest BCUT2D eigenvalue weighted by Crippen LogP contribution is -2.39. The SMILES string of the molecule is Cc1cccc(C)c1OCC(=O)NNCc1ccccc1. The molecule has 0 bridgehead atoms. The molecule has 0 aliphatic carbocycles. The van der Waals surface area contributed by atoms with Crippen LogP contribution in [0, 0.1) is 13.8 Å². The maximum absolute atomic E-state index is 11.7. The molecule has 0 fully saturated rings. The fourth-order valence-electron chi connectivity index (χ4n) is 2.04. The molecule has 2 aromatic carbocycles. The third-order valence-corrected chi connectivity index (χ3v) is 3.12. The van der Waals surface area contributed by atoms with Crippen molar-refractivity contribution in [2.45, 2.75) is 20.4 Å². The van der Waals surface area contributed by atoms with Crippen molar-refractivity contribution in [1.29, 1.82) is 0 Å². The number of hydrogen-bond acceptors (Lipinski definition) is 3. The van der Waals surface area contributed by atoms with Gasteiger partial charge in [0, 0.05) is 6.54 Å². The van der Waals surface area contributed by atoms with Gasteiger partial charge in [-0.3, -0.25) is 10.2 Å². The molecular formula is C17H20N2O2. The maximum atomic E-state index is 11.7. The molecule has 4 nitrogen and oxygen atoms in total. The Hall–Kier alpha value is -2.33. The van der Waals surface area contributed by atoms with E-state index in [-0.39, 0.29) is 12.5 Å². The van der Waals surface area contributed by atoms with Crippen LogP contribution in [0.1, 0.15) is 16.7 Å². The normalized spacial score (nSPS) is 10.2. The molecular weight excluding hydrogens is 264 g/mol. The molecule has 0 unspecified atom stereocenters. The smallest absolute Gasteiger partial charge is 0.271 e. The molecule has 2 N–H and O–H groups in total. The van der Waals surface area contributed by atoms with E-state index >= 15 is 0 Å². The first-order chi connectivity index (χ1) is 10.2. The van der Waals surface area contributed by atoms with Crippen molar-refractivity contribution in [2.24, 2.45) is 0 Å². The highest BCUT2D eigenvalue weighted by atomic mass is 16.5. The Morgan fingerprint density at radius 1 is 1.00 bits per heavy atom. The van der Waals surface area contributed by atoms with Gasteiger partial charge in [-0.05, 0) is 30.5 Å². The van der Waals surface area contributed by atoms with E-state index in [1.807, 2.05) is 62.4 Å². The van der Waals surface area contributed by atoms with Crippen LogP contribution in [-0.4, -0.2) is 12.5 Å². The summed E-state index contributed by atoms with van der Waals surface area (Å²) in [5.74, 6) is 0.573. The van der Waals surface area contributed by atoms with Crippen LogP contribution in [0.4, 0.5) is 0 Å². The van der Waals surface area contributed by atoms with Crippen molar-refractivity contribution in [2.75, 3.05) is 6.61 Å². The molecule has 0 aliphatic rings. The Morgan fingerprint density at radius 2 is 1.67 bits per heavy atom. The largest absolute Gasteiger partial charge is 0.483 e. The lowest BCUT2D eigenvalue weighted by molar-refractivity contribution is -0.124. The summed E-state index contributed by atoms with van der Waals surface area (Å²) in [6, 6.07) is 15.8. The van der Waals surface area contributed by atoms with E-state index in [0.29, 0.717) is 6.54 Å². The second kappa shape index (κ2) is 7.45. The molecule has 0 spiro atoms. The zero-order valence-corrected chi connectivity index (χ0v) is 12.3. The third kappa shape index (κ3) is 4.61. The third-order valence-electron chi connectivity index (χ3n) is 3.12. The first-order valence-electron chi connectivity index (χ1n) is 6.91.